The number of nitrogens with one attached hydrogen (secondary N) is 1. The van der Waals surface area contributed by atoms with Crippen molar-refractivity contribution in [2.24, 2.45) is 0 Å². The molecule has 0 bridgehead atoms. The van der Waals surface area contributed by atoms with Gasteiger partial charge in [-0.25, -0.2) is 4.39 Å². The number of rotatable bonds is 6. The highest BCUT2D eigenvalue weighted by molar-refractivity contribution is 8.00. The van der Waals surface area contributed by atoms with E-state index in [1.54, 1.807) is 17.0 Å². The van der Waals surface area contributed by atoms with Gasteiger partial charge in [-0.2, -0.15) is 0 Å². The van der Waals surface area contributed by atoms with Gasteiger partial charge in [0.25, 0.3) is 0 Å². The fourth-order valence-electron chi connectivity index (χ4n) is 2.26. The number of carbonyl (C=O) groups excluding carboxylic acids is 2. The lowest BCUT2D eigenvalue weighted by Gasteiger charge is -2.25. The Morgan fingerprint density at radius 3 is 2.64 bits per heavy atom. The van der Waals surface area contributed by atoms with Gasteiger partial charge in [-0.15, -0.1) is 11.8 Å². The van der Waals surface area contributed by atoms with Crippen molar-refractivity contribution in [3.8, 4) is 0 Å². The van der Waals surface area contributed by atoms with Crippen LogP contribution in [-0.2, 0) is 9.59 Å². The Morgan fingerprint density at radius 2 is 2.09 bits per heavy atom. The van der Waals surface area contributed by atoms with Crippen molar-refractivity contribution in [2.45, 2.75) is 6.04 Å². The van der Waals surface area contributed by atoms with E-state index in [2.05, 4.69) is 5.32 Å². The van der Waals surface area contributed by atoms with E-state index >= 15 is 0 Å². The van der Waals surface area contributed by atoms with E-state index in [0.29, 0.717) is 18.2 Å². The van der Waals surface area contributed by atoms with Crippen LogP contribution in [0.3, 0.4) is 0 Å². The topological polar surface area (TPSA) is 52.7 Å². The molecule has 2 amide bonds. The summed E-state index contributed by atoms with van der Waals surface area (Å²) in [5.74, 6) is 0.563. The second-order valence-electron chi connectivity index (χ2n) is 5.40. The fraction of sp³-hybridized carbons (Fsp3) is 0.467. The molecule has 1 saturated heterocycles. The van der Waals surface area contributed by atoms with Crippen LogP contribution in [0.4, 0.5) is 4.39 Å². The van der Waals surface area contributed by atoms with Gasteiger partial charge >= 0.3 is 0 Å². The smallest absolute Gasteiger partial charge is 0.239 e. The summed E-state index contributed by atoms with van der Waals surface area (Å²) in [6.07, 6.45) is 0. The first-order valence-corrected chi connectivity index (χ1v) is 8.17. The summed E-state index contributed by atoms with van der Waals surface area (Å²) < 4.78 is 13.0. The first kappa shape index (κ1) is 16.8. The number of carbonyl (C=O) groups is 2. The van der Waals surface area contributed by atoms with Gasteiger partial charge in [-0.05, 0) is 31.8 Å². The summed E-state index contributed by atoms with van der Waals surface area (Å²) in [7, 11) is 3.81. The number of hydrogen-bond acceptors (Lipinski definition) is 4. The monoisotopic (exact) mass is 325 g/mol. The number of hydrogen-bond donors (Lipinski definition) is 1. The van der Waals surface area contributed by atoms with Crippen molar-refractivity contribution < 1.29 is 14.0 Å². The standard InChI is InChI=1S/C15H20FN3O2S/c1-18(2)13(11-3-5-12(16)6-4-11)7-17-14(20)8-19-10-22-9-15(19)21/h3-6,13H,7-10H2,1-2H3,(H,17,20). The van der Waals surface area contributed by atoms with Crippen molar-refractivity contribution in [1.82, 2.24) is 15.1 Å². The van der Waals surface area contributed by atoms with E-state index in [4.69, 9.17) is 0 Å². The molecule has 7 heteroatoms. The van der Waals surface area contributed by atoms with Crippen LogP contribution in [0.25, 0.3) is 0 Å². The minimum absolute atomic E-state index is 0.00263. The molecule has 120 valence electrons. The maximum Gasteiger partial charge on any atom is 0.239 e. The fourth-order valence-corrected chi connectivity index (χ4v) is 3.17. The van der Waals surface area contributed by atoms with Crippen molar-refractivity contribution in [1.29, 1.82) is 0 Å². The highest BCUT2D eigenvalue weighted by Gasteiger charge is 2.23. The van der Waals surface area contributed by atoms with Crippen LogP contribution in [0.1, 0.15) is 11.6 Å². The Kier molecular flexibility index (Phi) is 5.79. The van der Waals surface area contributed by atoms with Gasteiger partial charge in [-0.1, -0.05) is 12.1 Å². The van der Waals surface area contributed by atoms with Gasteiger partial charge in [0, 0.05) is 6.54 Å². The van der Waals surface area contributed by atoms with Crippen LogP contribution in [0, 0.1) is 5.82 Å². The van der Waals surface area contributed by atoms with Gasteiger partial charge in [0.15, 0.2) is 0 Å². The van der Waals surface area contributed by atoms with E-state index in [0.717, 1.165) is 5.56 Å². The van der Waals surface area contributed by atoms with Crippen molar-refractivity contribution in [3.05, 3.63) is 35.6 Å². The molecule has 1 aliphatic rings. The normalized spacial score (nSPS) is 16.2. The first-order chi connectivity index (χ1) is 10.5. The van der Waals surface area contributed by atoms with Crippen LogP contribution in [0.5, 0.6) is 0 Å². The van der Waals surface area contributed by atoms with Crippen LogP contribution < -0.4 is 5.32 Å². The Morgan fingerprint density at radius 1 is 1.41 bits per heavy atom. The molecule has 1 aromatic carbocycles. The molecule has 2 rings (SSSR count). The summed E-state index contributed by atoms with van der Waals surface area (Å²) in [4.78, 5) is 27.0. The molecule has 5 nitrogen and oxygen atoms in total. The van der Waals surface area contributed by atoms with Crippen LogP contribution in [0.15, 0.2) is 24.3 Å². The summed E-state index contributed by atoms with van der Waals surface area (Å²) in [6.45, 7) is 0.502. The molecule has 0 aliphatic carbocycles. The van der Waals surface area contributed by atoms with Crippen molar-refractivity contribution >= 4 is 23.6 Å². The molecule has 1 N–H and O–H groups in total. The van der Waals surface area contributed by atoms with Gasteiger partial charge in [0.1, 0.15) is 12.4 Å². The predicted octanol–water partition coefficient (Wildman–Crippen LogP) is 1.08. The molecule has 0 saturated carbocycles. The third-order valence-electron chi connectivity index (χ3n) is 3.53. The van der Waals surface area contributed by atoms with E-state index in [1.807, 2.05) is 19.0 Å². The van der Waals surface area contributed by atoms with Crippen molar-refractivity contribution in [3.63, 3.8) is 0 Å². The molecular weight excluding hydrogens is 305 g/mol. The maximum atomic E-state index is 13.0. The predicted molar refractivity (Wildman–Crippen MR) is 84.9 cm³/mol. The summed E-state index contributed by atoms with van der Waals surface area (Å²) >= 11 is 1.51. The minimum Gasteiger partial charge on any atom is -0.353 e. The van der Waals surface area contributed by atoms with Gasteiger partial charge < -0.3 is 15.1 Å². The average Bonchev–Trinajstić information content (AvgIpc) is 2.86. The number of halogens is 1. The van der Waals surface area contributed by atoms with Crippen molar-refractivity contribution in [2.75, 3.05) is 38.8 Å². The molecular formula is C15H20FN3O2S. The largest absolute Gasteiger partial charge is 0.353 e. The second kappa shape index (κ2) is 7.60. The summed E-state index contributed by atoms with van der Waals surface area (Å²) in [6, 6.07) is 6.20. The number of benzene rings is 1. The third kappa shape index (κ3) is 4.45. The lowest BCUT2D eigenvalue weighted by Crippen LogP contribution is -2.41. The molecule has 1 heterocycles. The van der Waals surface area contributed by atoms with Gasteiger partial charge in [0.2, 0.25) is 11.8 Å². The van der Waals surface area contributed by atoms with Gasteiger partial charge in [-0.3, -0.25) is 9.59 Å². The Balaban J connectivity index is 1.90. The molecule has 0 radical (unpaired) electrons. The summed E-state index contributed by atoms with van der Waals surface area (Å²) in [5, 5.41) is 2.85. The minimum atomic E-state index is -0.282. The van der Waals surface area contributed by atoms with Gasteiger partial charge in [0.05, 0.1) is 17.7 Å². The number of thioether (sulfide) groups is 1. The lowest BCUT2D eigenvalue weighted by atomic mass is 10.1. The molecule has 1 aliphatic heterocycles. The highest BCUT2D eigenvalue weighted by Crippen LogP contribution is 2.18. The Bertz CT molecular complexity index is 536. The molecule has 22 heavy (non-hydrogen) atoms. The molecule has 0 spiro atoms. The Labute approximate surface area is 133 Å². The third-order valence-corrected chi connectivity index (χ3v) is 4.48. The quantitative estimate of drug-likeness (QED) is 0.850. The average molecular weight is 325 g/mol. The molecule has 1 unspecified atom stereocenters. The number of nitrogens with zero attached hydrogens (tertiary/aromatic N) is 2. The van der Waals surface area contributed by atoms with E-state index < -0.39 is 0 Å². The second-order valence-corrected chi connectivity index (χ2v) is 6.36. The molecule has 1 atom stereocenters. The summed E-state index contributed by atoms with van der Waals surface area (Å²) in [5.41, 5.74) is 0.930. The Hall–Kier alpha value is -1.60. The molecule has 1 aromatic rings. The van der Waals surface area contributed by atoms with Crippen LogP contribution in [0.2, 0.25) is 0 Å². The maximum absolute atomic E-state index is 13.0. The van der Waals surface area contributed by atoms with E-state index in [1.165, 1.54) is 23.9 Å². The SMILES string of the molecule is CN(C)C(CNC(=O)CN1CSCC1=O)c1ccc(F)cc1. The number of amides is 2. The zero-order valence-electron chi connectivity index (χ0n) is 12.7. The number of likely N-dealkylation sites (N-methyl/N-ethyl adjacent to an activating group) is 1. The van der Waals surface area contributed by atoms with E-state index in [-0.39, 0.29) is 30.2 Å². The lowest BCUT2D eigenvalue weighted by molar-refractivity contribution is -0.132. The van der Waals surface area contributed by atoms with E-state index in [9.17, 15) is 14.0 Å². The first-order valence-electron chi connectivity index (χ1n) is 7.01. The molecule has 1 fully saturated rings. The zero-order valence-corrected chi connectivity index (χ0v) is 13.5. The highest BCUT2D eigenvalue weighted by atomic mass is 32.2. The molecule has 0 aromatic heterocycles. The van der Waals surface area contributed by atoms with Crippen LogP contribution in [-0.4, -0.2) is 60.4 Å². The zero-order chi connectivity index (χ0) is 16.1. The van der Waals surface area contributed by atoms with Crippen LogP contribution >= 0.6 is 11.8 Å².